The largest absolute Gasteiger partial charge is 0.365 e. The minimum Gasteiger partial charge on any atom is -0.365 e. The van der Waals surface area contributed by atoms with Crippen molar-refractivity contribution in [3.8, 4) is 0 Å². The Bertz CT molecular complexity index is 1270. The predicted octanol–water partition coefficient (Wildman–Crippen LogP) is 4.57. The predicted molar refractivity (Wildman–Crippen MR) is 136 cm³/mol. The molecule has 3 aromatic rings. The van der Waals surface area contributed by atoms with Gasteiger partial charge in [-0.15, -0.1) is 0 Å². The molecule has 36 heavy (non-hydrogen) atoms. The zero-order chi connectivity index (χ0) is 25.2. The molecule has 0 radical (unpaired) electrons. The zero-order valence-corrected chi connectivity index (χ0v) is 20.3. The number of nitro groups is 1. The van der Waals surface area contributed by atoms with E-state index in [-0.39, 0.29) is 29.4 Å². The smallest absolute Gasteiger partial charge is 0.269 e. The van der Waals surface area contributed by atoms with Crippen molar-refractivity contribution in [2.45, 2.75) is 25.6 Å². The number of carbonyl (C=O) groups is 1. The molecule has 1 amide bonds. The number of hydrogen-bond donors (Lipinski definition) is 1. The van der Waals surface area contributed by atoms with E-state index in [0.717, 1.165) is 35.5 Å². The van der Waals surface area contributed by atoms with Gasteiger partial charge >= 0.3 is 0 Å². The van der Waals surface area contributed by atoms with E-state index >= 15 is 0 Å². The molecule has 186 valence electrons. The number of carbonyl (C=O) groups excluding carboxylic acids is 1. The van der Waals surface area contributed by atoms with Crippen molar-refractivity contribution in [2.75, 3.05) is 24.5 Å². The SMILES string of the molecule is O=C(NCc1ccc(F)cc1)C1Cc2cc([N+](=O)[O-])ccc2N2CCN(Cc3ccc(Cl)cc3)CC12. The van der Waals surface area contributed by atoms with Crippen molar-refractivity contribution in [3.63, 3.8) is 0 Å². The van der Waals surface area contributed by atoms with E-state index in [0.29, 0.717) is 31.1 Å². The number of amides is 1. The summed E-state index contributed by atoms with van der Waals surface area (Å²) in [5.74, 6) is -0.818. The quantitative estimate of drug-likeness (QED) is 0.390. The van der Waals surface area contributed by atoms with Gasteiger partial charge in [-0.1, -0.05) is 35.9 Å². The van der Waals surface area contributed by atoms with Crippen LogP contribution in [0.2, 0.25) is 5.02 Å². The Kier molecular flexibility index (Phi) is 6.89. The van der Waals surface area contributed by atoms with Gasteiger partial charge in [0.05, 0.1) is 16.9 Å². The van der Waals surface area contributed by atoms with Crippen molar-refractivity contribution in [1.29, 1.82) is 0 Å². The molecule has 0 aliphatic carbocycles. The highest BCUT2D eigenvalue weighted by Gasteiger charge is 2.41. The van der Waals surface area contributed by atoms with E-state index in [9.17, 15) is 19.3 Å². The van der Waals surface area contributed by atoms with E-state index in [4.69, 9.17) is 11.6 Å². The molecule has 1 saturated heterocycles. The highest BCUT2D eigenvalue weighted by molar-refractivity contribution is 6.30. The Labute approximate surface area is 213 Å². The van der Waals surface area contributed by atoms with Crippen LogP contribution in [0.3, 0.4) is 0 Å². The number of hydrogen-bond acceptors (Lipinski definition) is 5. The summed E-state index contributed by atoms with van der Waals surface area (Å²) in [6.07, 6.45) is 0.419. The molecule has 0 spiro atoms. The van der Waals surface area contributed by atoms with Gasteiger partial charge in [0, 0.05) is 55.6 Å². The van der Waals surface area contributed by atoms with Gasteiger partial charge in [0.1, 0.15) is 5.82 Å². The van der Waals surface area contributed by atoms with Crippen LogP contribution in [0.4, 0.5) is 15.8 Å². The number of halogens is 2. The van der Waals surface area contributed by atoms with Crippen molar-refractivity contribution in [2.24, 2.45) is 5.92 Å². The first-order chi connectivity index (χ1) is 17.4. The second-order valence-electron chi connectivity index (χ2n) is 9.35. The third kappa shape index (κ3) is 5.20. The van der Waals surface area contributed by atoms with Gasteiger partial charge in [-0.25, -0.2) is 4.39 Å². The van der Waals surface area contributed by atoms with E-state index in [1.807, 2.05) is 30.3 Å². The third-order valence-corrected chi connectivity index (χ3v) is 7.28. The molecule has 0 bridgehead atoms. The molecule has 2 unspecified atom stereocenters. The molecule has 2 aliphatic heterocycles. The van der Waals surface area contributed by atoms with E-state index in [1.165, 1.54) is 18.2 Å². The molecular formula is C27H26ClFN4O3. The van der Waals surface area contributed by atoms with Crippen LogP contribution < -0.4 is 10.2 Å². The lowest BCUT2D eigenvalue weighted by Gasteiger charge is -2.49. The molecule has 2 heterocycles. The third-order valence-electron chi connectivity index (χ3n) is 7.03. The van der Waals surface area contributed by atoms with Crippen LogP contribution in [0.25, 0.3) is 0 Å². The highest BCUT2D eigenvalue weighted by atomic mass is 35.5. The summed E-state index contributed by atoms with van der Waals surface area (Å²) in [6, 6.07) is 18.7. The lowest BCUT2D eigenvalue weighted by atomic mass is 9.83. The van der Waals surface area contributed by atoms with Gasteiger partial charge in [0.2, 0.25) is 5.91 Å². The summed E-state index contributed by atoms with van der Waals surface area (Å²) >= 11 is 6.03. The second-order valence-corrected chi connectivity index (χ2v) is 9.78. The molecule has 0 aromatic heterocycles. The number of piperazine rings is 1. The van der Waals surface area contributed by atoms with Crippen molar-refractivity contribution < 1.29 is 14.1 Å². The molecule has 9 heteroatoms. The Morgan fingerprint density at radius 1 is 1.06 bits per heavy atom. The van der Waals surface area contributed by atoms with Crippen LogP contribution in [0.15, 0.2) is 66.7 Å². The molecule has 1 N–H and O–H groups in total. The monoisotopic (exact) mass is 508 g/mol. The fourth-order valence-corrected chi connectivity index (χ4v) is 5.32. The van der Waals surface area contributed by atoms with E-state index in [1.54, 1.807) is 18.2 Å². The maximum absolute atomic E-state index is 13.4. The number of non-ortho nitro benzene ring substituents is 1. The number of nitrogens with one attached hydrogen (secondary N) is 1. The molecular weight excluding hydrogens is 483 g/mol. The number of nitrogens with zero attached hydrogens (tertiary/aromatic N) is 3. The van der Waals surface area contributed by atoms with Gasteiger partial charge in [0.25, 0.3) is 5.69 Å². The van der Waals surface area contributed by atoms with Gasteiger partial charge < -0.3 is 10.2 Å². The second kappa shape index (κ2) is 10.2. The maximum atomic E-state index is 13.4. The molecule has 7 nitrogen and oxygen atoms in total. The van der Waals surface area contributed by atoms with Gasteiger partial charge in [-0.2, -0.15) is 0 Å². The normalized spacial score (nSPS) is 19.3. The minimum absolute atomic E-state index is 0.0269. The van der Waals surface area contributed by atoms with Crippen LogP contribution in [0.5, 0.6) is 0 Å². The fraction of sp³-hybridized carbons (Fsp3) is 0.296. The number of rotatable bonds is 6. The van der Waals surface area contributed by atoms with Crippen molar-refractivity contribution in [3.05, 3.63) is 104 Å². The summed E-state index contributed by atoms with van der Waals surface area (Å²) in [5.41, 5.74) is 3.75. The molecule has 3 aromatic carbocycles. The first-order valence-corrected chi connectivity index (χ1v) is 12.3. The summed E-state index contributed by atoms with van der Waals surface area (Å²) in [6.45, 7) is 3.25. The van der Waals surface area contributed by atoms with Crippen LogP contribution >= 0.6 is 11.6 Å². The number of nitro benzene ring substituents is 1. The molecule has 2 atom stereocenters. The summed E-state index contributed by atoms with van der Waals surface area (Å²) in [5, 5.41) is 15.1. The Hall–Kier alpha value is -3.49. The minimum atomic E-state index is -0.403. The first kappa shape index (κ1) is 24.2. The molecule has 2 aliphatic rings. The van der Waals surface area contributed by atoms with Crippen molar-refractivity contribution >= 4 is 28.9 Å². The highest BCUT2D eigenvalue weighted by Crippen LogP contribution is 2.38. The van der Waals surface area contributed by atoms with Gasteiger partial charge in [-0.3, -0.25) is 19.8 Å². The number of fused-ring (bicyclic) bond motifs is 3. The standard InChI is InChI=1S/C27H26ClFN4O3/c28-21-5-1-19(2-6-21)16-31-11-12-32-25-10-9-23(33(35)36)13-20(25)14-24(26(32)17-31)27(34)30-15-18-3-7-22(29)8-4-18/h1-10,13,24,26H,11-12,14-17H2,(H,30,34). The zero-order valence-electron chi connectivity index (χ0n) is 19.6. The molecule has 1 fully saturated rings. The number of benzene rings is 3. The average molecular weight is 509 g/mol. The lowest BCUT2D eigenvalue weighted by Crippen LogP contribution is -2.60. The lowest BCUT2D eigenvalue weighted by molar-refractivity contribution is -0.384. The van der Waals surface area contributed by atoms with Crippen LogP contribution in [0, 0.1) is 21.8 Å². The first-order valence-electron chi connectivity index (χ1n) is 11.9. The number of anilines is 1. The molecule has 0 saturated carbocycles. The van der Waals surface area contributed by atoms with Crippen LogP contribution in [-0.4, -0.2) is 41.4 Å². The Morgan fingerprint density at radius 3 is 2.50 bits per heavy atom. The van der Waals surface area contributed by atoms with Gasteiger partial charge in [-0.05, 0) is 53.4 Å². The van der Waals surface area contributed by atoms with Gasteiger partial charge in [0.15, 0.2) is 0 Å². The Balaban J connectivity index is 1.38. The van der Waals surface area contributed by atoms with Crippen molar-refractivity contribution in [1.82, 2.24) is 10.2 Å². The topological polar surface area (TPSA) is 78.7 Å². The summed E-state index contributed by atoms with van der Waals surface area (Å²) in [4.78, 5) is 29.0. The molecule has 5 rings (SSSR count). The van der Waals surface area contributed by atoms with Crippen LogP contribution in [0.1, 0.15) is 16.7 Å². The van der Waals surface area contributed by atoms with E-state index in [2.05, 4.69) is 15.1 Å². The summed E-state index contributed by atoms with van der Waals surface area (Å²) in [7, 11) is 0. The van der Waals surface area contributed by atoms with Crippen LogP contribution in [-0.2, 0) is 24.3 Å². The Morgan fingerprint density at radius 2 is 1.78 bits per heavy atom. The maximum Gasteiger partial charge on any atom is 0.269 e. The average Bonchev–Trinajstić information content (AvgIpc) is 2.88. The fourth-order valence-electron chi connectivity index (χ4n) is 5.20. The van der Waals surface area contributed by atoms with E-state index < -0.39 is 4.92 Å². The summed E-state index contributed by atoms with van der Waals surface area (Å²) < 4.78 is 13.3.